The predicted molar refractivity (Wildman–Crippen MR) is 107 cm³/mol. The normalized spacial score (nSPS) is 12.5. The van der Waals surface area contributed by atoms with Crippen LogP contribution in [0.25, 0.3) is 0 Å². The van der Waals surface area contributed by atoms with Gasteiger partial charge in [-0.15, -0.1) is 0 Å². The zero-order chi connectivity index (χ0) is 20.9. The molecule has 2 aromatic carbocycles. The van der Waals surface area contributed by atoms with E-state index in [1.807, 2.05) is 38.1 Å². The molecule has 0 aliphatic rings. The molecule has 0 unspecified atom stereocenters. The number of nitrogens with one attached hydrogen (secondary N) is 1. The molecule has 8 heteroatoms. The highest BCUT2D eigenvalue weighted by atomic mass is 32.2. The van der Waals surface area contributed by atoms with Gasteiger partial charge in [-0.1, -0.05) is 12.1 Å². The van der Waals surface area contributed by atoms with Gasteiger partial charge in [-0.05, 0) is 62.7 Å². The minimum atomic E-state index is -3.74. The number of hydrogen-bond acceptors (Lipinski definition) is 4. The van der Waals surface area contributed by atoms with E-state index < -0.39 is 27.8 Å². The van der Waals surface area contributed by atoms with Gasteiger partial charge in [0.25, 0.3) is 0 Å². The standard InChI is InChI=1S/C20H25FN2O4S/c1-14(2)27-19-11-5-16(6-12-19)13-22-20(24)15(3)23(28(4,25)26)18-9-7-17(21)8-10-18/h5-12,14-15H,13H2,1-4H3,(H,22,24)/t15-/m0/s1. The summed E-state index contributed by atoms with van der Waals surface area (Å²) in [6.45, 7) is 5.60. The van der Waals surface area contributed by atoms with Crippen LogP contribution >= 0.6 is 0 Å². The van der Waals surface area contributed by atoms with Crippen molar-refractivity contribution in [3.05, 3.63) is 59.9 Å². The van der Waals surface area contributed by atoms with Gasteiger partial charge in [0, 0.05) is 6.54 Å². The van der Waals surface area contributed by atoms with Gasteiger partial charge < -0.3 is 10.1 Å². The number of rotatable bonds is 8. The number of carbonyl (C=O) groups is 1. The Kier molecular flexibility index (Phi) is 7.01. The van der Waals surface area contributed by atoms with Crippen molar-refractivity contribution in [1.29, 1.82) is 0 Å². The van der Waals surface area contributed by atoms with Crippen LogP contribution in [-0.2, 0) is 21.4 Å². The zero-order valence-corrected chi connectivity index (χ0v) is 17.2. The Morgan fingerprint density at radius 3 is 2.14 bits per heavy atom. The molecule has 0 saturated heterocycles. The van der Waals surface area contributed by atoms with Crippen LogP contribution in [0.15, 0.2) is 48.5 Å². The van der Waals surface area contributed by atoms with Crippen LogP contribution in [-0.4, -0.2) is 32.7 Å². The number of benzene rings is 2. The lowest BCUT2D eigenvalue weighted by atomic mass is 10.2. The molecule has 0 aromatic heterocycles. The van der Waals surface area contributed by atoms with Gasteiger partial charge >= 0.3 is 0 Å². The van der Waals surface area contributed by atoms with Crippen molar-refractivity contribution in [3.63, 3.8) is 0 Å². The molecule has 2 aromatic rings. The van der Waals surface area contributed by atoms with Crippen molar-refractivity contribution >= 4 is 21.6 Å². The lowest BCUT2D eigenvalue weighted by Crippen LogP contribution is -2.47. The van der Waals surface area contributed by atoms with Crippen LogP contribution in [0.1, 0.15) is 26.3 Å². The predicted octanol–water partition coefficient (Wildman–Crippen LogP) is 3.08. The first-order valence-electron chi connectivity index (χ1n) is 8.86. The van der Waals surface area contributed by atoms with E-state index in [4.69, 9.17) is 4.74 Å². The quantitative estimate of drug-likeness (QED) is 0.728. The minimum Gasteiger partial charge on any atom is -0.491 e. The summed E-state index contributed by atoms with van der Waals surface area (Å²) < 4.78 is 44.1. The summed E-state index contributed by atoms with van der Waals surface area (Å²) in [6, 6.07) is 11.2. The molecular formula is C20H25FN2O4S. The summed E-state index contributed by atoms with van der Waals surface area (Å²) in [6.07, 6.45) is 1.08. The molecule has 1 amide bonds. The fraction of sp³-hybridized carbons (Fsp3) is 0.350. The van der Waals surface area contributed by atoms with E-state index in [-0.39, 0.29) is 18.3 Å². The van der Waals surface area contributed by atoms with Gasteiger partial charge in [-0.25, -0.2) is 12.8 Å². The third-order valence-electron chi connectivity index (χ3n) is 3.93. The molecule has 6 nitrogen and oxygen atoms in total. The Labute approximate surface area is 165 Å². The molecule has 0 aliphatic heterocycles. The topological polar surface area (TPSA) is 75.7 Å². The van der Waals surface area contributed by atoms with Crippen LogP contribution < -0.4 is 14.4 Å². The number of halogens is 1. The minimum absolute atomic E-state index is 0.0693. The number of hydrogen-bond donors (Lipinski definition) is 1. The first-order chi connectivity index (χ1) is 13.1. The number of ether oxygens (including phenoxy) is 1. The van der Waals surface area contributed by atoms with E-state index in [1.165, 1.54) is 19.1 Å². The Morgan fingerprint density at radius 2 is 1.64 bits per heavy atom. The maximum absolute atomic E-state index is 13.2. The Morgan fingerprint density at radius 1 is 1.07 bits per heavy atom. The van der Waals surface area contributed by atoms with E-state index in [1.54, 1.807) is 0 Å². The Bertz CT molecular complexity index is 897. The molecule has 2 rings (SSSR count). The SMILES string of the molecule is CC(C)Oc1ccc(CNC(=O)[C@H](C)N(c2ccc(F)cc2)S(C)(=O)=O)cc1. The highest BCUT2D eigenvalue weighted by Gasteiger charge is 2.28. The van der Waals surface area contributed by atoms with Gasteiger partial charge in [-0.3, -0.25) is 9.10 Å². The summed E-state index contributed by atoms with van der Waals surface area (Å²) in [5.74, 6) is -0.213. The monoisotopic (exact) mass is 408 g/mol. The average Bonchev–Trinajstić information content (AvgIpc) is 2.61. The van der Waals surface area contributed by atoms with Crippen molar-refractivity contribution in [2.24, 2.45) is 0 Å². The molecule has 0 saturated carbocycles. The van der Waals surface area contributed by atoms with Crippen LogP contribution in [0.2, 0.25) is 0 Å². The van der Waals surface area contributed by atoms with Gasteiger partial charge in [0.05, 0.1) is 18.0 Å². The number of nitrogens with zero attached hydrogens (tertiary/aromatic N) is 1. The van der Waals surface area contributed by atoms with Gasteiger partial charge in [-0.2, -0.15) is 0 Å². The van der Waals surface area contributed by atoms with Crippen LogP contribution in [0, 0.1) is 5.82 Å². The summed E-state index contributed by atoms with van der Waals surface area (Å²) in [4.78, 5) is 12.5. The van der Waals surface area contributed by atoms with E-state index >= 15 is 0 Å². The van der Waals surface area contributed by atoms with Gasteiger partial charge in [0.15, 0.2) is 0 Å². The lowest BCUT2D eigenvalue weighted by molar-refractivity contribution is -0.122. The van der Waals surface area contributed by atoms with Crippen LogP contribution in [0.4, 0.5) is 10.1 Å². The molecule has 0 heterocycles. The molecule has 0 fully saturated rings. The van der Waals surface area contributed by atoms with Crippen molar-refractivity contribution in [2.45, 2.75) is 39.5 Å². The molecule has 0 radical (unpaired) electrons. The lowest BCUT2D eigenvalue weighted by Gasteiger charge is -2.28. The third kappa shape index (κ3) is 5.95. The third-order valence-corrected chi connectivity index (χ3v) is 5.17. The number of anilines is 1. The van der Waals surface area contributed by atoms with E-state index in [9.17, 15) is 17.6 Å². The highest BCUT2D eigenvalue weighted by molar-refractivity contribution is 7.92. The van der Waals surface area contributed by atoms with Crippen molar-refractivity contribution in [2.75, 3.05) is 10.6 Å². The first kappa shape index (κ1) is 21.7. The molecule has 28 heavy (non-hydrogen) atoms. The van der Waals surface area contributed by atoms with Crippen LogP contribution in [0.5, 0.6) is 5.75 Å². The smallest absolute Gasteiger partial charge is 0.243 e. The summed E-state index contributed by atoms with van der Waals surface area (Å²) >= 11 is 0. The van der Waals surface area contributed by atoms with Crippen molar-refractivity contribution < 1.29 is 22.3 Å². The molecule has 0 aliphatic carbocycles. The first-order valence-corrected chi connectivity index (χ1v) is 10.7. The van der Waals surface area contributed by atoms with Crippen molar-refractivity contribution in [1.82, 2.24) is 5.32 Å². The van der Waals surface area contributed by atoms with Gasteiger partial charge in [0.2, 0.25) is 15.9 Å². The molecule has 0 spiro atoms. The maximum atomic E-state index is 13.2. The second-order valence-corrected chi connectivity index (χ2v) is 8.60. The Balaban J connectivity index is 2.07. The molecule has 1 atom stereocenters. The fourth-order valence-corrected chi connectivity index (χ4v) is 3.87. The average molecular weight is 408 g/mol. The second-order valence-electron chi connectivity index (χ2n) is 6.74. The molecule has 152 valence electrons. The number of amides is 1. The summed E-state index contributed by atoms with van der Waals surface area (Å²) in [5.41, 5.74) is 1.08. The fourth-order valence-electron chi connectivity index (χ4n) is 2.69. The van der Waals surface area contributed by atoms with E-state index in [2.05, 4.69) is 5.32 Å². The maximum Gasteiger partial charge on any atom is 0.243 e. The molecule has 0 bridgehead atoms. The van der Waals surface area contributed by atoms with Crippen LogP contribution in [0.3, 0.4) is 0 Å². The number of sulfonamides is 1. The summed E-state index contributed by atoms with van der Waals surface area (Å²) in [7, 11) is -3.74. The largest absolute Gasteiger partial charge is 0.491 e. The Hall–Kier alpha value is -2.61. The van der Waals surface area contributed by atoms with E-state index in [0.29, 0.717) is 0 Å². The second kappa shape index (κ2) is 9.05. The van der Waals surface area contributed by atoms with Crippen molar-refractivity contribution in [3.8, 4) is 5.75 Å². The number of carbonyl (C=O) groups excluding carboxylic acids is 1. The zero-order valence-electron chi connectivity index (χ0n) is 16.3. The molecular weight excluding hydrogens is 383 g/mol. The highest BCUT2D eigenvalue weighted by Crippen LogP contribution is 2.21. The van der Waals surface area contributed by atoms with E-state index in [0.717, 1.165) is 34.0 Å². The van der Waals surface area contributed by atoms with Gasteiger partial charge in [0.1, 0.15) is 17.6 Å². The molecule has 1 N–H and O–H groups in total. The summed E-state index contributed by atoms with van der Waals surface area (Å²) in [5, 5.41) is 2.73.